The molecule has 0 aliphatic heterocycles. The molecule has 0 heterocycles. The number of rotatable bonds is 0. The molecule has 0 fully saturated rings. The highest BCUT2D eigenvalue weighted by molar-refractivity contribution is 6.93. The zero-order chi connectivity index (χ0) is 0. The van der Waals surface area contributed by atoms with Crippen LogP contribution in [0, 0.1) is 0 Å². The summed E-state index contributed by atoms with van der Waals surface area (Å²) >= 11 is 0. The fraction of sp³-hybridized carbons (Fsp3) is 0. The van der Waals surface area contributed by atoms with E-state index in [0.29, 0.717) is 0 Å². The molecular formula is H27P9. The Bertz CT molecular complexity index is 0. The van der Waals surface area contributed by atoms with Crippen molar-refractivity contribution in [1.29, 1.82) is 0 Å². The second kappa shape index (κ2) is 93.6. The van der Waals surface area contributed by atoms with Gasteiger partial charge in [0.05, 0.1) is 0 Å². The molecule has 0 aromatic carbocycles. The van der Waals surface area contributed by atoms with E-state index in [-0.39, 0.29) is 89.1 Å². The lowest BCUT2D eigenvalue weighted by Gasteiger charge is -0.154. The first-order chi connectivity index (χ1) is 0. The predicted octanol–water partition coefficient (Wildman–Crippen LogP) is 0.523. The molecule has 0 N–H and O–H groups in total. The molecule has 9 unspecified atom stereocenters. The summed E-state index contributed by atoms with van der Waals surface area (Å²) < 4.78 is 0. The lowest BCUT2D eigenvalue weighted by molar-refractivity contribution is 6.92. The van der Waals surface area contributed by atoms with Crippen LogP contribution >= 0.6 is 89.1 Å². The molecule has 0 aromatic rings. The Morgan fingerprint density at radius 1 is 0.111 bits per heavy atom. The average molecular weight is 306 g/mol. The molecule has 9 atom stereocenters. The van der Waals surface area contributed by atoms with Gasteiger partial charge < -0.3 is 0 Å². The van der Waals surface area contributed by atoms with Crippen LogP contribution in [0.25, 0.3) is 0 Å². The fourth-order valence-electron chi connectivity index (χ4n) is 0. The highest BCUT2D eigenvalue weighted by Crippen LogP contribution is 0.869. The standard InChI is InChI=1S/9H3P/h9*1H3. The Labute approximate surface area is 89.1 Å². The smallest absolute Gasteiger partial charge is 0.153 e. The van der Waals surface area contributed by atoms with Gasteiger partial charge in [0, 0.05) is 0 Å². The van der Waals surface area contributed by atoms with Gasteiger partial charge in [0.15, 0.2) is 0 Å². The van der Waals surface area contributed by atoms with Crippen molar-refractivity contribution in [3.63, 3.8) is 0 Å². The van der Waals surface area contributed by atoms with E-state index in [1.54, 1.807) is 0 Å². The third-order valence-corrected chi connectivity index (χ3v) is 0. The third-order valence-electron chi connectivity index (χ3n) is 0. The zero-order valence-electron chi connectivity index (χ0n) is 6.36. The van der Waals surface area contributed by atoms with Crippen molar-refractivity contribution in [3.8, 4) is 0 Å². The molecule has 9 heteroatoms. The summed E-state index contributed by atoms with van der Waals surface area (Å²) in [5.74, 6) is 0. The largest absolute Gasteiger partial charge is 0.153 e. The topological polar surface area (TPSA) is 0 Å². The van der Waals surface area contributed by atoms with Crippen LogP contribution in [0.2, 0.25) is 0 Å². The summed E-state index contributed by atoms with van der Waals surface area (Å²) in [7, 11) is 0. The molecule has 9 heavy (non-hydrogen) atoms. The van der Waals surface area contributed by atoms with Gasteiger partial charge in [0.1, 0.15) is 0 Å². The van der Waals surface area contributed by atoms with Crippen LogP contribution in [-0.4, -0.2) is 0 Å². The molecule has 0 amide bonds. The Kier molecular flexibility index (Phi) is 1260. The lowest BCUT2D eigenvalue weighted by atomic mass is 31.0. The Morgan fingerprint density at radius 2 is 0.111 bits per heavy atom. The van der Waals surface area contributed by atoms with Gasteiger partial charge in [0.25, 0.3) is 0 Å². The molecule has 0 saturated carbocycles. The second-order valence-corrected chi connectivity index (χ2v) is 0. The maximum Gasteiger partial charge on any atom is -0.153 e. The van der Waals surface area contributed by atoms with E-state index in [1.165, 1.54) is 0 Å². The number of hydrogen-bond donors (Lipinski definition) is 0. The first-order valence-corrected chi connectivity index (χ1v) is 0. The van der Waals surface area contributed by atoms with E-state index in [2.05, 4.69) is 0 Å². The Balaban J connectivity index is 0. The van der Waals surface area contributed by atoms with E-state index < -0.39 is 0 Å². The minimum absolute atomic E-state index is 0. The zero-order valence-corrected chi connectivity index (χ0v) is 19.1. The van der Waals surface area contributed by atoms with Gasteiger partial charge in [-0.3, -0.25) is 0 Å². The summed E-state index contributed by atoms with van der Waals surface area (Å²) in [6.07, 6.45) is 0. The Morgan fingerprint density at radius 3 is 0.111 bits per heavy atom. The molecule has 0 bridgehead atoms. The predicted molar refractivity (Wildman–Crippen MR) is 99.9 cm³/mol. The van der Waals surface area contributed by atoms with Gasteiger partial charge in [0.2, 0.25) is 0 Å². The fourth-order valence-corrected chi connectivity index (χ4v) is 0. The molecular weight excluding hydrogens is 279 g/mol. The summed E-state index contributed by atoms with van der Waals surface area (Å²) in [5, 5.41) is 0. The molecule has 0 saturated heterocycles. The normalized spacial score (nSPS) is 0. The highest BCUT2D eigenvalue weighted by atomic mass is 31.0. The summed E-state index contributed by atoms with van der Waals surface area (Å²) in [4.78, 5) is 0. The van der Waals surface area contributed by atoms with Crippen LogP contribution in [0.5, 0.6) is 0 Å². The van der Waals surface area contributed by atoms with E-state index in [9.17, 15) is 0 Å². The number of hydrogen-bond acceptors (Lipinski definition) is 0. The van der Waals surface area contributed by atoms with Crippen LogP contribution in [0.1, 0.15) is 0 Å². The summed E-state index contributed by atoms with van der Waals surface area (Å²) in [5.41, 5.74) is 0. The molecule has 0 aliphatic rings. The molecule has 0 rings (SSSR count). The van der Waals surface area contributed by atoms with Crippen molar-refractivity contribution in [2.45, 2.75) is 0 Å². The van der Waals surface area contributed by atoms with Crippen molar-refractivity contribution in [2.24, 2.45) is 0 Å². The first kappa shape index (κ1) is 121. The van der Waals surface area contributed by atoms with E-state index in [0.717, 1.165) is 0 Å². The summed E-state index contributed by atoms with van der Waals surface area (Å²) in [6.45, 7) is 0. The van der Waals surface area contributed by atoms with Crippen LogP contribution in [-0.2, 0) is 0 Å². The van der Waals surface area contributed by atoms with Gasteiger partial charge in [-0.05, 0) is 0 Å². The monoisotopic (exact) mass is 306 g/mol. The third kappa shape index (κ3) is 77.2. The van der Waals surface area contributed by atoms with Crippen LogP contribution in [0.4, 0.5) is 0 Å². The van der Waals surface area contributed by atoms with Gasteiger partial charge in [-0.25, -0.2) is 0 Å². The Hall–Kier alpha value is 3.87. The lowest BCUT2D eigenvalue weighted by Crippen LogP contribution is 0.860. The van der Waals surface area contributed by atoms with E-state index in [4.69, 9.17) is 0 Å². The van der Waals surface area contributed by atoms with Crippen LogP contribution < -0.4 is 0 Å². The van der Waals surface area contributed by atoms with Crippen LogP contribution in [0.3, 0.4) is 0 Å². The van der Waals surface area contributed by atoms with Crippen molar-refractivity contribution in [3.05, 3.63) is 0 Å². The maximum atomic E-state index is 0. The van der Waals surface area contributed by atoms with Crippen molar-refractivity contribution in [1.82, 2.24) is 0 Å². The maximum absolute atomic E-state index is 0. The summed E-state index contributed by atoms with van der Waals surface area (Å²) in [6, 6.07) is 0. The quantitative estimate of drug-likeness (QED) is 0.573. The van der Waals surface area contributed by atoms with Crippen molar-refractivity contribution in [2.75, 3.05) is 0 Å². The molecule has 0 radical (unpaired) electrons. The minimum atomic E-state index is 0. The minimum Gasteiger partial charge on any atom is -0.153 e. The van der Waals surface area contributed by atoms with E-state index in [1.807, 2.05) is 0 Å². The van der Waals surface area contributed by atoms with Gasteiger partial charge in [-0.15, -0.1) is 0 Å². The highest BCUT2D eigenvalue weighted by Gasteiger charge is -0.145. The van der Waals surface area contributed by atoms with E-state index >= 15 is 0 Å². The molecule has 72 valence electrons. The van der Waals surface area contributed by atoms with Crippen molar-refractivity contribution < 1.29 is 0 Å². The molecule has 0 aromatic heterocycles. The molecule has 0 spiro atoms. The van der Waals surface area contributed by atoms with Gasteiger partial charge in [-0.2, -0.15) is 89.1 Å². The van der Waals surface area contributed by atoms with Crippen LogP contribution in [0.15, 0.2) is 0 Å². The average Bonchev–Trinajstić information content (AvgIpc) is 0. The second-order valence-electron chi connectivity index (χ2n) is 0. The molecule has 0 nitrogen and oxygen atoms in total. The molecule has 0 aliphatic carbocycles. The first-order valence-electron chi connectivity index (χ1n) is 0. The van der Waals surface area contributed by atoms with Crippen molar-refractivity contribution >= 4 is 89.1 Å². The SMILES string of the molecule is P.P.P.P.P.P.P.P.P. The van der Waals surface area contributed by atoms with Gasteiger partial charge >= 0.3 is 0 Å². The van der Waals surface area contributed by atoms with Gasteiger partial charge in [-0.1, -0.05) is 0 Å².